The highest BCUT2D eigenvalue weighted by atomic mass is 79.9. The molecule has 0 atom stereocenters. The molecule has 23 heavy (non-hydrogen) atoms. The van der Waals surface area contributed by atoms with Crippen LogP contribution in [-0.2, 0) is 0 Å². The van der Waals surface area contributed by atoms with Crippen molar-refractivity contribution < 1.29 is 4.79 Å². The first-order chi connectivity index (χ1) is 11.1. The van der Waals surface area contributed by atoms with Crippen LogP contribution in [0.15, 0.2) is 62.9 Å². The van der Waals surface area contributed by atoms with E-state index in [1.54, 1.807) is 0 Å². The van der Waals surface area contributed by atoms with Crippen LogP contribution in [-0.4, -0.2) is 11.0 Å². The number of hydrogen-bond donors (Lipinski definition) is 2. The van der Waals surface area contributed by atoms with Crippen molar-refractivity contribution in [2.75, 3.05) is 10.6 Å². The molecule has 2 amide bonds. The molecule has 1 aromatic heterocycles. The first-order valence-electron chi connectivity index (χ1n) is 6.66. The van der Waals surface area contributed by atoms with Crippen LogP contribution >= 0.6 is 43.2 Å². The Morgan fingerprint density at radius 3 is 2.65 bits per heavy atom. The van der Waals surface area contributed by atoms with Crippen LogP contribution in [0.4, 0.5) is 15.6 Å². The molecular weight excluding hydrogens is 442 g/mol. The van der Waals surface area contributed by atoms with E-state index in [1.807, 2.05) is 53.9 Å². The lowest BCUT2D eigenvalue weighted by molar-refractivity contribution is 0.262. The average molecular weight is 453 g/mol. The molecule has 3 rings (SSSR count). The molecule has 2 N–H and O–H groups in total. The van der Waals surface area contributed by atoms with Crippen LogP contribution in [0.25, 0.3) is 11.3 Å². The number of benzene rings is 2. The fourth-order valence-electron chi connectivity index (χ4n) is 1.92. The van der Waals surface area contributed by atoms with Gasteiger partial charge in [0.2, 0.25) is 0 Å². The number of urea groups is 1. The first kappa shape index (κ1) is 16.2. The predicted molar refractivity (Wildman–Crippen MR) is 102 cm³/mol. The minimum absolute atomic E-state index is 0.327. The van der Waals surface area contributed by atoms with Gasteiger partial charge in [0.1, 0.15) is 0 Å². The molecule has 4 nitrogen and oxygen atoms in total. The van der Waals surface area contributed by atoms with Gasteiger partial charge in [-0.25, -0.2) is 9.78 Å². The van der Waals surface area contributed by atoms with E-state index in [9.17, 15) is 4.79 Å². The summed E-state index contributed by atoms with van der Waals surface area (Å²) in [7, 11) is 0. The number of carbonyl (C=O) groups is 1. The summed E-state index contributed by atoms with van der Waals surface area (Å²) < 4.78 is 1.81. The van der Waals surface area contributed by atoms with Crippen LogP contribution in [0.1, 0.15) is 0 Å². The zero-order valence-electron chi connectivity index (χ0n) is 11.7. The standard InChI is InChI=1S/C16H11Br2N3OS/c17-11-5-3-4-10(8-11)14-9-23-16(20-14)21-15(22)19-13-7-2-1-6-12(13)18/h1-9H,(H2,19,20,21,22). The van der Waals surface area contributed by atoms with Crippen molar-refractivity contribution in [1.82, 2.24) is 4.98 Å². The zero-order valence-corrected chi connectivity index (χ0v) is 15.7. The van der Waals surface area contributed by atoms with Gasteiger partial charge in [0.25, 0.3) is 0 Å². The molecule has 0 aliphatic carbocycles. The number of thiazole rings is 1. The third-order valence-corrected chi connectivity index (χ3v) is 4.91. The lowest BCUT2D eigenvalue weighted by atomic mass is 10.2. The number of halogens is 2. The molecule has 0 saturated carbocycles. The van der Waals surface area contributed by atoms with Crippen LogP contribution < -0.4 is 10.6 Å². The van der Waals surface area contributed by atoms with Gasteiger partial charge >= 0.3 is 6.03 Å². The highest BCUT2D eigenvalue weighted by Crippen LogP contribution is 2.27. The number of hydrogen-bond acceptors (Lipinski definition) is 3. The van der Waals surface area contributed by atoms with Gasteiger partial charge in [-0.15, -0.1) is 11.3 Å². The molecule has 0 aliphatic rings. The molecule has 0 radical (unpaired) electrons. The molecule has 0 fully saturated rings. The van der Waals surface area contributed by atoms with Crippen LogP contribution in [0.2, 0.25) is 0 Å². The van der Waals surface area contributed by atoms with Gasteiger partial charge in [-0.05, 0) is 40.2 Å². The van der Waals surface area contributed by atoms with Gasteiger partial charge in [0.05, 0.1) is 11.4 Å². The quantitative estimate of drug-likeness (QED) is 0.513. The molecule has 1 heterocycles. The second kappa shape index (κ2) is 7.25. The molecule has 0 aliphatic heterocycles. The highest BCUT2D eigenvalue weighted by molar-refractivity contribution is 9.10. The number of amides is 2. The van der Waals surface area contributed by atoms with E-state index >= 15 is 0 Å². The van der Waals surface area contributed by atoms with E-state index in [-0.39, 0.29) is 6.03 Å². The van der Waals surface area contributed by atoms with Gasteiger partial charge in [-0.2, -0.15) is 0 Å². The van der Waals surface area contributed by atoms with Gasteiger partial charge in [0, 0.05) is 19.9 Å². The van der Waals surface area contributed by atoms with E-state index in [0.29, 0.717) is 10.8 Å². The van der Waals surface area contributed by atoms with Crippen molar-refractivity contribution >= 4 is 60.0 Å². The van der Waals surface area contributed by atoms with Crippen molar-refractivity contribution in [3.8, 4) is 11.3 Å². The summed E-state index contributed by atoms with van der Waals surface area (Å²) in [5.74, 6) is 0. The maximum Gasteiger partial charge on any atom is 0.325 e. The zero-order chi connectivity index (χ0) is 16.2. The van der Waals surface area contributed by atoms with E-state index < -0.39 is 0 Å². The number of nitrogens with zero attached hydrogens (tertiary/aromatic N) is 1. The maximum atomic E-state index is 12.1. The SMILES string of the molecule is O=C(Nc1nc(-c2cccc(Br)c2)cs1)Nc1ccccc1Br. The normalized spacial score (nSPS) is 10.3. The van der Waals surface area contributed by atoms with Gasteiger partial charge in [-0.3, -0.25) is 5.32 Å². The summed E-state index contributed by atoms with van der Waals surface area (Å²) in [5.41, 5.74) is 2.52. The summed E-state index contributed by atoms with van der Waals surface area (Å²) in [6.45, 7) is 0. The summed E-state index contributed by atoms with van der Waals surface area (Å²) >= 11 is 8.22. The van der Waals surface area contributed by atoms with Crippen LogP contribution in [0.3, 0.4) is 0 Å². The summed E-state index contributed by atoms with van der Waals surface area (Å²) in [4.78, 5) is 16.5. The summed E-state index contributed by atoms with van der Waals surface area (Å²) in [5, 5.41) is 7.98. The van der Waals surface area contributed by atoms with E-state index in [0.717, 1.165) is 20.2 Å². The maximum absolute atomic E-state index is 12.1. The fraction of sp³-hybridized carbons (Fsp3) is 0. The third-order valence-electron chi connectivity index (χ3n) is 2.97. The number of nitrogens with one attached hydrogen (secondary N) is 2. The van der Waals surface area contributed by atoms with Gasteiger partial charge in [-0.1, -0.05) is 40.2 Å². The molecule has 0 saturated heterocycles. The first-order valence-corrected chi connectivity index (χ1v) is 9.12. The Morgan fingerprint density at radius 1 is 1.04 bits per heavy atom. The number of para-hydroxylation sites is 1. The Kier molecular flexibility index (Phi) is 5.09. The van der Waals surface area contributed by atoms with Crippen LogP contribution in [0.5, 0.6) is 0 Å². The number of carbonyl (C=O) groups excluding carboxylic acids is 1. The van der Waals surface area contributed by atoms with Crippen molar-refractivity contribution in [3.05, 3.63) is 62.9 Å². The van der Waals surface area contributed by atoms with E-state index in [2.05, 4.69) is 47.5 Å². The van der Waals surface area contributed by atoms with E-state index in [1.165, 1.54) is 11.3 Å². The van der Waals surface area contributed by atoms with Crippen molar-refractivity contribution in [3.63, 3.8) is 0 Å². The molecule has 2 aromatic carbocycles. The van der Waals surface area contributed by atoms with Crippen LogP contribution in [0, 0.1) is 0 Å². The number of anilines is 2. The monoisotopic (exact) mass is 451 g/mol. The second-order valence-corrected chi connectivity index (χ2v) is 7.24. The average Bonchev–Trinajstić information content (AvgIpc) is 2.98. The number of rotatable bonds is 3. The minimum atomic E-state index is -0.327. The summed E-state index contributed by atoms with van der Waals surface area (Å²) in [6, 6.07) is 15.0. The smallest absolute Gasteiger partial charge is 0.307 e. The molecule has 3 aromatic rings. The van der Waals surface area contributed by atoms with Gasteiger partial charge < -0.3 is 5.32 Å². The fourth-order valence-corrected chi connectivity index (χ4v) is 3.42. The second-order valence-electron chi connectivity index (χ2n) is 4.61. The summed E-state index contributed by atoms with van der Waals surface area (Å²) in [6.07, 6.45) is 0. The number of aromatic nitrogens is 1. The minimum Gasteiger partial charge on any atom is -0.307 e. The molecule has 116 valence electrons. The lowest BCUT2D eigenvalue weighted by Gasteiger charge is -2.06. The van der Waals surface area contributed by atoms with Gasteiger partial charge in [0.15, 0.2) is 5.13 Å². The molecule has 0 unspecified atom stereocenters. The van der Waals surface area contributed by atoms with Crippen molar-refractivity contribution in [2.45, 2.75) is 0 Å². The Bertz CT molecular complexity index is 851. The molecular formula is C16H11Br2N3OS. The van der Waals surface area contributed by atoms with Crippen molar-refractivity contribution in [2.24, 2.45) is 0 Å². The predicted octanol–water partition coefficient (Wildman–Crippen LogP) is 5.98. The lowest BCUT2D eigenvalue weighted by Crippen LogP contribution is -2.19. The third kappa shape index (κ3) is 4.19. The molecule has 0 spiro atoms. The Hall–Kier alpha value is -1.70. The molecule has 0 bridgehead atoms. The Morgan fingerprint density at radius 2 is 1.87 bits per heavy atom. The Labute approximate surface area is 154 Å². The van der Waals surface area contributed by atoms with E-state index in [4.69, 9.17) is 0 Å². The molecule has 7 heteroatoms. The topological polar surface area (TPSA) is 54.0 Å². The highest BCUT2D eigenvalue weighted by Gasteiger charge is 2.09. The Balaban J connectivity index is 1.69. The largest absolute Gasteiger partial charge is 0.325 e. The van der Waals surface area contributed by atoms with Crippen molar-refractivity contribution in [1.29, 1.82) is 0 Å².